The second kappa shape index (κ2) is 56.7. The van der Waals surface area contributed by atoms with Crippen LogP contribution in [0.1, 0.15) is 278 Å². The first-order valence-corrected chi connectivity index (χ1v) is 28.5. The van der Waals surface area contributed by atoms with E-state index in [2.05, 4.69) is 87.6 Å². The lowest BCUT2D eigenvalue weighted by molar-refractivity contribution is -0.162. The van der Waals surface area contributed by atoms with Crippen LogP contribution >= 0.6 is 0 Å². The topological polar surface area (TPSA) is 61.8 Å². The van der Waals surface area contributed by atoms with Gasteiger partial charge in [-0.3, -0.25) is 9.59 Å². The Morgan fingerprint density at radius 1 is 0.333 bits per heavy atom. The lowest BCUT2D eigenvalue weighted by atomic mass is 10.0. The summed E-state index contributed by atoms with van der Waals surface area (Å²) in [6.07, 6.45) is 73.6. The van der Waals surface area contributed by atoms with Crippen LogP contribution in [0, 0.1) is 0 Å². The third kappa shape index (κ3) is 54.0. The van der Waals surface area contributed by atoms with E-state index in [-0.39, 0.29) is 25.2 Å². The first kappa shape index (κ1) is 63.3. The first-order valence-electron chi connectivity index (χ1n) is 28.5. The van der Waals surface area contributed by atoms with Gasteiger partial charge in [-0.2, -0.15) is 0 Å². The van der Waals surface area contributed by atoms with E-state index in [1.165, 1.54) is 173 Å². The summed E-state index contributed by atoms with van der Waals surface area (Å²) in [5.41, 5.74) is 0. The van der Waals surface area contributed by atoms with Crippen molar-refractivity contribution in [2.75, 3.05) is 19.8 Å². The van der Waals surface area contributed by atoms with E-state index in [0.717, 1.165) is 64.2 Å². The predicted molar refractivity (Wildman–Crippen MR) is 288 cm³/mol. The molecule has 0 aliphatic heterocycles. The molecule has 0 heterocycles. The Morgan fingerprint density at radius 3 is 1.12 bits per heavy atom. The molecule has 66 heavy (non-hydrogen) atoms. The molecule has 0 aromatic rings. The van der Waals surface area contributed by atoms with Crippen LogP contribution in [-0.4, -0.2) is 37.9 Å². The van der Waals surface area contributed by atoms with Gasteiger partial charge in [0, 0.05) is 19.4 Å². The van der Waals surface area contributed by atoms with Crippen molar-refractivity contribution in [3.05, 3.63) is 72.9 Å². The summed E-state index contributed by atoms with van der Waals surface area (Å²) >= 11 is 0. The van der Waals surface area contributed by atoms with E-state index in [4.69, 9.17) is 14.2 Å². The Bertz CT molecular complexity index is 1180. The van der Waals surface area contributed by atoms with Crippen molar-refractivity contribution in [2.45, 2.75) is 284 Å². The fourth-order valence-corrected chi connectivity index (χ4v) is 7.96. The van der Waals surface area contributed by atoms with Crippen LogP contribution in [0.5, 0.6) is 0 Å². The normalized spacial score (nSPS) is 12.7. The number of allylic oxidation sites excluding steroid dienone is 12. The minimum atomic E-state index is -0.579. The lowest BCUT2D eigenvalue weighted by Gasteiger charge is -2.18. The third-order valence-electron chi connectivity index (χ3n) is 12.2. The van der Waals surface area contributed by atoms with Gasteiger partial charge in [0.1, 0.15) is 6.61 Å². The minimum Gasteiger partial charge on any atom is -0.462 e. The molecule has 0 aromatic heterocycles. The van der Waals surface area contributed by atoms with Gasteiger partial charge < -0.3 is 14.2 Å². The number of hydrogen-bond acceptors (Lipinski definition) is 5. The number of rotatable bonds is 52. The van der Waals surface area contributed by atoms with Crippen molar-refractivity contribution < 1.29 is 23.8 Å². The number of unbranched alkanes of at least 4 members (excludes halogenated alkanes) is 29. The van der Waals surface area contributed by atoms with Gasteiger partial charge in [-0.05, 0) is 83.5 Å². The Morgan fingerprint density at radius 2 is 0.667 bits per heavy atom. The van der Waals surface area contributed by atoms with Gasteiger partial charge in [-0.1, -0.05) is 254 Å². The second-order valence-corrected chi connectivity index (χ2v) is 18.8. The summed E-state index contributed by atoms with van der Waals surface area (Å²) in [6.45, 7) is 7.74. The van der Waals surface area contributed by atoms with Crippen LogP contribution in [0.25, 0.3) is 0 Å². The summed E-state index contributed by atoms with van der Waals surface area (Å²) in [4.78, 5) is 25.4. The van der Waals surface area contributed by atoms with Crippen LogP contribution in [0.4, 0.5) is 0 Å². The Hall–Kier alpha value is -2.66. The fraction of sp³-hybridized carbons (Fsp3) is 0.770. The molecule has 0 aliphatic carbocycles. The molecule has 5 nitrogen and oxygen atoms in total. The standard InChI is InChI=1S/C61H108O5/c1-4-7-10-13-16-19-22-25-28-30-31-32-34-37-40-43-46-49-52-55-61(63)66-59(57-64-56-53-50-47-44-41-38-35-29-26-23-20-17-14-11-8-5-2)58-65-60(62)54-51-48-45-42-39-36-33-27-24-21-18-15-12-9-6-3/h16,19,25,27-28,31-33,37,40,46,49,59H,4-15,17-18,20-24,26,29-30,34-36,38-39,41-45,47-48,50-58H2,1-3H3/b19-16-,28-25-,32-31-,33-27-,40-37-,49-46-/t59-/m1/s1. The quantitative estimate of drug-likeness (QED) is 0.0346. The van der Waals surface area contributed by atoms with E-state index < -0.39 is 6.10 Å². The molecule has 0 saturated carbocycles. The summed E-state index contributed by atoms with van der Waals surface area (Å²) in [6, 6.07) is 0. The summed E-state index contributed by atoms with van der Waals surface area (Å²) in [7, 11) is 0. The number of esters is 2. The van der Waals surface area contributed by atoms with E-state index in [9.17, 15) is 9.59 Å². The minimum absolute atomic E-state index is 0.0521. The molecule has 0 aliphatic rings. The molecule has 0 unspecified atom stereocenters. The zero-order chi connectivity index (χ0) is 47.7. The number of carbonyl (C=O) groups excluding carboxylic acids is 2. The highest BCUT2D eigenvalue weighted by molar-refractivity contribution is 5.70. The molecule has 0 aromatic carbocycles. The highest BCUT2D eigenvalue weighted by Crippen LogP contribution is 2.15. The van der Waals surface area contributed by atoms with Gasteiger partial charge in [-0.25, -0.2) is 0 Å². The van der Waals surface area contributed by atoms with Crippen LogP contribution < -0.4 is 0 Å². The average molecular weight is 922 g/mol. The van der Waals surface area contributed by atoms with Crippen LogP contribution in [0.3, 0.4) is 0 Å². The smallest absolute Gasteiger partial charge is 0.306 e. The summed E-state index contributed by atoms with van der Waals surface area (Å²) in [5, 5.41) is 0. The molecule has 0 saturated heterocycles. The third-order valence-corrected chi connectivity index (χ3v) is 12.2. The largest absolute Gasteiger partial charge is 0.462 e. The maximum Gasteiger partial charge on any atom is 0.306 e. The van der Waals surface area contributed by atoms with E-state index >= 15 is 0 Å². The van der Waals surface area contributed by atoms with E-state index in [0.29, 0.717) is 25.9 Å². The van der Waals surface area contributed by atoms with E-state index in [1.807, 2.05) is 6.08 Å². The summed E-state index contributed by atoms with van der Waals surface area (Å²) < 4.78 is 17.4. The second-order valence-electron chi connectivity index (χ2n) is 18.8. The lowest BCUT2D eigenvalue weighted by Crippen LogP contribution is -2.30. The molecule has 0 amide bonds. The number of hydrogen-bond donors (Lipinski definition) is 0. The van der Waals surface area contributed by atoms with Gasteiger partial charge in [0.05, 0.1) is 6.61 Å². The monoisotopic (exact) mass is 921 g/mol. The number of carbonyl (C=O) groups is 2. The molecule has 0 spiro atoms. The van der Waals surface area contributed by atoms with Crippen LogP contribution in [0.2, 0.25) is 0 Å². The van der Waals surface area contributed by atoms with Crippen molar-refractivity contribution in [3.8, 4) is 0 Å². The van der Waals surface area contributed by atoms with Crippen molar-refractivity contribution in [1.29, 1.82) is 0 Å². The maximum absolute atomic E-state index is 12.8. The zero-order valence-electron chi connectivity index (χ0n) is 44.0. The van der Waals surface area contributed by atoms with Gasteiger partial charge in [0.15, 0.2) is 6.10 Å². The van der Waals surface area contributed by atoms with Crippen molar-refractivity contribution in [1.82, 2.24) is 0 Å². The molecule has 0 N–H and O–H groups in total. The van der Waals surface area contributed by atoms with Gasteiger partial charge in [-0.15, -0.1) is 0 Å². The highest BCUT2D eigenvalue weighted by Gasteiger charge is 2.17. The SMILES string of the molecule is CCCCC/C=C\C/C=C\C/C=C\C/C=C\C/C=C\CCC(=O)O[C@H](COCCCCCCCCCCCCCCCCCC)COC(=O)CCCCCCC/C=C\CCCCCCCC. The van der Waals surface area contributed by atoms with Crippen molar-refractivity contribution >= 4 is 11.9 Å². The first-order chi connectivity index (χ1) is 32.6. The van der Waals surface area contributed by atoms with Gasteiger partial charge >= 0.3 is 11.9 Å². The Kier molecular flexibility index (Phi) is 54.4. The highest BCUT2D eigenvalue weighted by atomic mass is 16.6. The average Bonchev–Trinajstić information content (AvgIpc) is 3.32. The van der Waals surface area contributed by atoms with Gasteiger partial charge in [0.2, 0.25) is 0 Å². The van der Waals surface area contributed by atoms with Crippen LogP contribution in [0.15, 0.2) is 72.9 Å². The summed E-state index contributed by atoms with van der Waals surface area (Å²) in [5.74, 6) is -0.493. The molecule has 382 valence electrons. The zero-order valence-corrected chi connectivity index (χ0v) is 44.0. The van der Waals surface area contributed by atoms with Crippen LogP contribution in [-0.2, 0) is 23.8 Å². The number of ether oxygens (including phenoxy) is 3. The molecule has 5 heteroatoms. The molecule has 0 fully saturated rings. The van der Waals surface area contributed by atoms with Crippen molar-refractivity contribution in [2.24, 2.45) is 0 Å². The Labute approximate surface area is 410 Å². The molecular formula is C61H108O5. The molecule has 0 radical (unpaired) electrons. The van der Waals surface area contributed by atoms with Gasteiger partial charge in [0.25, 0.3) is 0 Å². The predicted octanol–water partition coefficient (Wildman–Crippen LogP) is 19.5. The fourth-order valence-electron chi connectivity index (χ4n) is 7.96. The van der Waals surface area contributed by atoms with E-state index in [1.54, 1.807) is 0 Å². The molecule has 0 bridgehead atoms. The Balaban J connectivity index is 4.39. The molecular weight excluding hydrogens is 813 g/mol. The van der Waals surface area contributed by atoms with Crippen molar-refractivity contribution in [3.63, 3.8) is 0 Å². The maximum atomic E-state index is 12.8. The molecule has 0 rings (SSSR count). The molecule has 1 atom stereocenters.